The molecule has 0 aromatic heterocycles. The first kappa shape index (κ1) is 12.7. The molecule has 1 heterocycles. The molecule has 2 aliphatic rings. The number of nitrogens with one attached hydrogen (secondary N) is 1. The molecule has 0 radical (unpaired) electrons. The second-order valence-corrected chi connectivity index (χ2v) is 5.70. The Morgan fingerprint density at radius 3 is 2.79 bits per heavy atom. The van der Waals surface area contributed by atoms with Crippen LogP contribution in [0.15, 0.2) is 30.3 Å². The molecule has 3 nitrogen and oxygen atoms in total. The van der Waals surface area contributed by atoms with Crippen LogP contribution in [0, 0.1) is 5.92 Å². The molecule has 19 heavy (non-hydrogen) atoms. The van der Waals surface area contributed by atoms with Crippen molar-refractivity contribution in [2.75, 3.05) is 0 Å². The van der Waals surface area contributed by atoms with Crippen LogP contribution in [0.3, 0.4) is 0 Å². The maximum absolute atomic E-state index is 12.1. The van der Waals surface area contributed by atoms with Crippen molar-refractivity contribution in [2.24, 2.45) is 5.92 Å². The van der Waals surface area contributed by atoms with E-state index in [1.54, 1.807) is 0 Å². The third kappa shape index (κ3) is 2.98. The topological polar surface area (TPSA) is 38.3 Å². The van der Waals surface area contributed by atoms with Crippen molar-refractivity contribution in [1.82, 2.24) is 5.32 Å². The van der Waals surface area contributed by atoms with Gasteiger partial charge in [0.15, 0.2) is 0 Å². The minimum Gasteiger partial charge on any atom is -0.460 e. The van der Waals surface area contributed by atoms with Crippen molar-refractivity contribution in [1.29, 1.82) is 0 Å². The van der Waals surface area contributed by atoms with Gasteiger partial charge in [0.05, 0.1) is 0 Å². The molecule has 1 aliphatic heterocycles. The third-order valence-corrected chi connectivity index (χ3v) is 4.37. The summed E-state index contributed by atoms with van der Waals surface area (Å²) in [4.78, 5) is 12.1. The van der Waals surface area contributed by atoms with Crippen LogP contribution in [0.2, 0.25) is 0 Å². The highest BCUT2D eigenvalue weighted by Gasteiger charge is 2.38. The molecule has 1 saturated heterocycles. The van der Waals surface area contributed by atoms with Crippen LogP contribution in [0.4, 0.5) is 0 Å². The normalized spacial score (nSPS) is 29.8. The minimum atomic E-state index is -0.0863. The van der Waals surface area contributed by atoms with E-state index in [1.807, 2.05) is 30.3 Å². The summed E-state index contributed by atoms with van der Waals surface area (Å²) in [5.74, 6) is 0.598. The largest absolute Gasteiger partial charge is 0.460 e. The van der Waals surface area contributed by atoms with E-state index < -0.39 is 0 Å². The first-order valence-electron chi connectivity index (χ1n) is 7.29. The van der Waals surface area contributed by atoms with Crippen LogP contribution in [0.1, 0.15) is 37.7 Å². The number of carbonyl (C=O) groups is 1. The van der Waals surface area contributed by atoms with Crippen molar-refractivity contribution in [3.8, 4) is 0 Å². The van der Waals surface area contributed by atoms with Gasteiger partial charge in [-0.2, -0.15) is 0 Å². The maximum atomic E-state index is 12.1. The second kappa shape index (κ2) is 5.74. The molecule has 102 valence electrons. The lowest BCUT2D eigenvalue weighted by molar-refractivity contribution is -0.147. The van der Waals surface area contributed by atoms with Gasteiger partial charge >= 0.3 is 5.97 Å². The van der Waals surface area contributed by atoms with Crippen molar-refractivity contribution in [3.05, 3.63) is 35.9 Å². The summed E-state index contributed by atoms with van der Waals surface area (Å²) >= 11 is 0. The zero-order valence-corrected chi connectivity index (χ0v) is 11.2. The quantitative estimate of drug-likeness (QED) is 0.848. The van der Waals surface area contributed by atoms with E-state index >= 15 is 0 Å². The van der Waals surface area contributed by atoms with Crippen LogP contribution < -0.4 is 5.32 Å². The van der Waals surface area contributed by atoms with Gasteiger partial charge in [0, 0.05) is 6.04 Å². The van der Waals surface area contributed by atoms with E-state index in [0.717, 1.165) is 12.0 Å². The molecule has 0 spiro atoms. The first-order valence-corrected chi connectivity index (χ1v) is 7.29. The van der Waals surface area contributed by atoms with Crippen LogP contribution in [0.5, 0.6) is 0 Å². The van der Waals surface area contributed by atoms with Crippen molar-refractivity contribution in [3.63, 3.8) is 0 Å². The Morgan fingerprint density at radius 1 is 1.21 bits per heavy atom. The summed E-state index contributed by atoms with van der Waals surface area (Å²) in [6, 6.07) is 10.3. The second-order valence-electron chi connectivity index (χ2n) is 5.70. The Kier molecular flexibility index (Phi) is 3.83. The smallest absolute Gasteiger partial charge is 0.323 e. The molecule has 0 amide bonds. The summed E-state index contributed by atoms with van der Waals surface area (Å²) in [7, 11) is 0. The number of ether oxygens (including phenoxy) is 1. The Bertz CT molecular complexity index is 418. The molecule has 2 fully saturated rings. The summed E-state index contributed by atoms with van der Waals surface area (Å²) in [6.07, 6.45) is 6.04. The fourth-order valence-electron chi connectivity index (χ4n) is 3.33. The predicted molar refractivity (Wildman–Crippen MR) is 73.5 cm³/mol. The number of rotatable bonds is 3. The molecule has 1 saturated carbocycles. The van der Waals surface area contributed by atoms with E-state index in [2.05, 4.69) is 5.32 Å². The standard InChI is InChI=1S/C16H21NO2/c18-16(19-11-12-6-2-1-3-7-12)15-10-13-8-4-5-9-14(13)17-15/h1-3,6-7,13-15,17H,4-5,8-11H2/t13-,14+,15-/m0/s1. The third-order valence-electron chi connectivity index (χ3n) is 4.37. The highest BCUT2D eigenvalue weighted by atomic mass is 16.5. The number of carbonyl (C=O) groups excluding carboxylic acids is 1. The average molecular weight is 259 g/mol. The van der Waals surface area contributed by atoms with Crippen molar-refractivity contribution < 1.29 is 9.53 Å². The SMILES string of the molecule is O=C(OCc1ccccc1)[C@@H]1C[C@@H]2CCCC[C@H]2N1. The molecule has 3 atom stereocenters. The van der Waals surface area contributed by atoms with Crippen molar-refractivity contribution >= 4 is 5.97 Å². The summed E-state index contributed by atoms with van der Waals surface area (Å²) in [5.41, 5.74) is 1.05. The van der Waals surface area contributed by atoms with Gasteiger partial charge in [-0.3, -0.25) is 4.79 Å². The lowest BCUT2D eigenvalue weighted by atomic mass is 9.85. The molecular formula is C16H21NO2. The molecule has 3 rings (SSSR count). The Morgan fingerprint density at radius 2 is 2.00 bits per heavy atom. The van der Waals surface area contributed by atoms with E-state index in [1.165, 1.54) is 25.7 Å². The van der Waals surface area contributed by atoms with Crippen LogP contribution in [-0.2, 0) is 16.1 Å². The van der Waals surface area contributed by atoms with Crippen LogP contribution in [-0.4, -0.2) is 18.1 Å². The van der Waals surface area contributed by atoms with Gasteiger partial charge in [-0.15, -0.1) is 0 Å². The lowest BCUT2D eigenvalue weighted by Gasteiger charge is -2.24. The first-order chi connectivity index (χ1) is 9.33. The number of benzene rings is 1. The molecule has 1 aliphatic carbocycles. The lowest BCUT2D eigenvalue weighted by Crippen LogP contribution is -2.37. The molecule has 0 unspecified atom stereocenters. The van der Waals surface area contributed by atoms with Crippen molar-refractivity contribution in [2.45, 2.75) is 50.8 Å². The molecule has 1 aromatic rings. The van der Waals surface area contributed by atoms with Gasteiger partial charge in [-0.05, 0) is 30.7 Å². The Hall–Kier alpha value is -1.35. The van der Waals surface area contributed by atoms with Gasteiger partial charge in [0.25, 0.3) is 0 Å². The van der Waals surface area contributed by atoms with Crippen LogP contribution >= 0.6 is 0 Å². The van der Waals surface area contributed by atoms with Gasteiger partial charge in [-0.25, -0.2) is 0 Å². The molecule has 3 heteroatoms. The van der Waals surface area contributed by atoms with Gasteiger partial charge in [0.1, 0.15) is 12.6 Å². The van der Waals surface area contributed by atoms with E-state index in [4.69, 9.17) is 4.74 Å². The van der Waals surface area contributed by atoms with E-state index in [9.17, 15) is 4.79 Å². The monoisotopic (exact) mass is 259 g/mol. The molecule has 1 aromatic carbocycles. The zero-order valence-electron chi connectivity index (χ0n) is 11.2. The summed E-state index contributed by atoms with van der Waals surface area (Å²) < 4.78 is 5.42. The fourth-order valence-corrected chi connectivity index (χ4v) is 3.33. The predicted octanol–water partition coefficient (Wildman–Crippen LogP) is 2.65. The van der Waals surface area contributed by atoms with Gasteiger partial charge < -0.3 is 10.1 Å². The van der Waals surface area contributed by atoms with Gasteiger partial charge in [0.2, 0.25) is 0 Å². The van der Waals surface area contributed by atoms with E-state index in [-0.39, 0.29) is 12.0 Å². The number of hydrogen-bond donors (Lipinski definition) is 1. The maximum Gasteiger partial charge on any atom is 0.323 e. The van der Waals surface area contributed by atoms with Crippen LogP contribution in [0.25, 0.3) is 0 Å². The molecular weight excluding hydrogens is 238 g/mol. The minimum absolute atomic E-state index is 0.0850. The average Bonchev–Trinajstić information content (AvgIpc) is 2.90. The number of hydrogen-bond acceptors (Lipinski definition) is 3. The number of fused-ring (bicyclic) bond motifs is 1. The molecule has 1 N–H and O–H groups in total. The fraction of sp³-hybridized carbons (Fsp3) is 0.562. The Balaban J connectivity index is 1.51. The summed E-state index contributed by atoms with van der Waals surface area (Å²) in [6.45, 7) is 0.382. The zero-order chi connectivity index (χ0) is 13.1. The highest BCUT2D eigenvalue weighted by molar-refractivity contribution is 5.76. The highest BCUT2D eigenvalue weighted by Crippen LogP contribution is 2.33. The number of esters is 1. The van der Waals surface area contributed by atoms with Gasteiger partial charge in [-0.1, -0.05) is 43.2 Å². The molecule has 0 bridgehead atoms. The Labute approximate surface area is 114 Å². The summed E-state index contributed by atoms with van der Waals surface area (Å²) in [5, 5.41) is 3.45. The van der Waals surface area contributed by atoms with E-state index in [0.29, 0.717) is 18.6 Å².